The van der Waals surface area contributed by atoms with Gasteiger partial charge in [0.05, 0.1) is 6.10 Å². The molecular weight excluding hydrogens is 567 g/mol. The van der Waals surface area contributed by atoms with Crippen LogP contribution in [-0.4, -0.2) is 57.2 Å². The van der Waals surface area contributed by atoms with E-state index in [0.717, 1.165) is 50.2 Å². The van der Waals surface area contributed by atoms with Gasteiger partial charge in [-0.05, 0) is 61.8 Å². The van der Waals surface area contributed by atoms with Crippen molar-refractivity contribution >= 4 is 41.4 Å². The summed E-state index contributed by atoms with van der Waals surface area (Å²) in [7, 11) is 5.83. The summed E-state index contributed by atoms with van der Waals surface area (Å²) in [6.45, 7) is 3.65. The van der Waals surface area contributed by atoms with Crippen molar-refractivity contribution in [3.63, 3.8) is 0 Å². The van der Waals surface area contributed by atoms with Crippen LogP contribution in [-0.2, 0) is 13.1 Å². The molecule has 1 aliphatic heterocycles. The van der Waals surface area contributed by atoms with Crippen molar-refractivity contribution in [2.45, 2.75) is 32.0 Å². The summed E-state index contributed by atoms with van der Waals surface area (Å²) in [4.78, 5) is 9.38. The van der Waals surface area contributed by atoms with Crippen LogP contribution in [0, 0.1) is 0 Å². The maximum Gasteiger partial charge on any atom is 0.151 e. The second-order valence-corrected chi connectivity index (χ2v) is 11.4. The summed E-state index contributed by atoms with van der Waals surface area (Å²) in [6, 6.07) is 19.9. The number of aliphatic hydroxyl groups is 1. The molecule has 7 heteroatoms. The molecule has 2 aromatic heterocycles. The van der Waals surface area contributed by atoms with Crippen LogP contribution in [0.15, 0.2) is 67.0 Å². The lowest BCUT2D eigenvalue weighted by molar-refractivity contribution is 0.0668. The standard InChI is InChI=1S/C28H31IN4OS/c1-31(2)16-20-7-11-23(12-8-20)27-19-33(35-29)28-26(27)14-24(15-30-28)22-9-5-21(6-10-22)17-32-13-3-4-25(34)18-32/h5-12,14-15,19,25,34H,3-4,13,16-18H2,1-2H3. The number of likely N-dealkylation sites (tertiary alicyclic amines) is 1. The second kappa shape index (κ2) is 11.0. The summed E-state index contributed by atoms with van der Waals surface area (Å²) in [6.07, 6.45) is 5.97. The lowest BCUT2D eigenvalue weighted by Gasteiger charge is -2.29. The van der Waals surface area contributed by atoms with Crippen LogP contribution in [0.25, 0.3) is 33.3 Å². The molecule has 5 nitrogen and oxygen atoms in total. The van der Waals surface area contributed by atoms with Crippen molar-refractivity contribution in [2.75, 3.05) is 27.2 Å². The number of aromatic nitrogens is 2. The van der Waals surface area contributed by atoms with E-state index >= 15 is 0 Å². The first-order valence-electron chi connectivity index (χ1n) is 12.0. The molecular formula is C28H31IN4OS. The van der Waals surface area contributed by atoms with Crippen LogP contribution in [0.2, 0.25) is 0 Å². The first kappa shape index (κ1) is 24.8. The molecule has 0 spiro atoms. The Morgan fingerprint density at radius 1 is 1.03 bits per heavy atom. The molecule has 3 heterocycles. The Labute approximate surface area is 223 Å². The third-order valence-electron chi connectivity index (χ3n) is 6.62. The topological polar surface area (TPSA) is 44.5 Å². The highest BCUT2D eigenvalue weighted by molar-refractivity contribution is 14.2. The maximum absolute atomic E-state index is 9.96. The molecule has 0 saturated carbocycles. The number of β-amino-alcohol motifs (C(OH)–C–C–N with tert-alkyl or cyclic N) is 1. The van der Waals surface area contributed by atoms with Gasteiger partial charge in [0.2, 0.25) is 0 Å². The van der Waals surface area contributed by atoms with E-state index < -0.39 is 0 Å². The summed E-state index contributed by atoms with van der Waals surface area (Å²) in [5.74, 6) is 0. The molecule has 1 N–H and O–H groups in total. The van der Waals surface area contributed by atoms with Crippen LogP contribution in [0.1, 0.15) is 24.0 Å². The molecule has 35 heavy (non-hydrogen) atoms. The highest BCUT2D eigenvalue weighted by Gasteiger charge is 2.18. The fraction of sp³-hybridized carbons (Fsp3) is 0.321. The van der Waals surface area contributed by atoms with Crippen molar-refractivity contribution in [1.82, 2.24) is 18.8 Å². The second-order valence-electron chi connectivity index (χ2n) is 9.70. The van der Waals surface area contributed by atoms with Crippen LogP contribution in [0.4, 0.5) is 0 Å². The molecule has 2 aromatic carbocycles. The Bertz CT molecular complexity index is 1290. The van der Waals surface area contributed by atoms with E-state index in [1.54, 1.807) is 9.12 Å². The largest absolute Gasteiger partial charge is 0.392 e. The molecule has 182 valence electrons. The number of hydrogen-bond donors (Lipinski definition) is 1. The van der Waals surface area contributed by atoms with E-state index in [1.165, 1.54) is 33.2 Å². The SMILES string of the molecule is CN(C)Cc1ccc(-c2cn(SI)c3ncc(-c4ccc(CN5CCCC(O)C5)cc4)cc23)cc1. The molecule has 1 saturated heterocycles. The third kappa shape index (κ3) is 5.75. The van der Waals surface area contributed by atoms with Crippen molar-refractivity contribution in [3.8, 4) is 22.3 Å². The number of rotatable bonds is 7. The first-order chi connectivity index (χ1) is 17.0. The smallest absolute Gasteiger partial charge is 0.151 e. The Kier molecular flexibility index (Phi) is 7.79. The molecule has 1 unspecified atom stereocenters. The van der Waals surface area contributed by atoms with Gasteiger partial charge in [0.1, 0.15) is 0 Å². The van der Waals surface area contributed by atoms with Crippen molar-refractivity contribution in [1.29, 1.82) is 0 Å². The molecule has 0 radical (unpaired) electrons. The van der Waals surface area contributed by atoms with Gasteiger partial charge in [-0.1, -0.05) is 48.5 Å². The number of nitrogens with zero attached hydrogens (tertiary/aromatic N) is 4. The summed E-state index contributed by atoms with van der Waals surface area (Å²) >= 11 is 2.31. The van der Waals surface area contributed by atoms with Crippen LogP contribution >= 0.6 is 30.3 Å². The lowest BCUT2D eigenvalue weighted by Crippen LogP contribution is -2.37. The molecule has 0 aliphatic carbocycles. The summed E-state index contributed by atoms with van der Waals surface area (Å²) < 4.78 is 2.14. The number of benzene rings is 2. The quantitative estimate of drug-likeness (QED) is 0.256. The zero-order valence-corrected chi connectivity index (χ0v) is 23.2. The van der Waals surface area contributed by atoms with Crippen molar-refractivity contribution in [2.24, 2.45) is 0 Å². The monoisotopic (exact) mass is 598 g/mol. The van der Waals surface area contributed by atoms with E-state index in [4.69, 9.17) is 4.98 Å². The number of aliphatic hydroxyl groups excluding tert-OH is 1. The number of fused-ring (bicyclic) bond motifs is 1. The average molecular weight is 599 g/mol. The van der Waals surface area contributed by atoms with E-state index in [0.29, 0.717) is 0 Å². The van der Waals surface area contributed by atoms with Gasteiger partial charge < -0.3 is 10.0 Å². The third-order valence-corrected chi connectivity index (χ3v) is 8.32. The number of halogens is 1. The Balaban J connectivity index is 1.42. The van der Waals surface area contributed by atoms with E-state index in [-0.39, 0.29) is 6.10 Å². The van der Waals surface area contributed by atoms with Crippen LogP contribution in [0.3, 0.4) is 0 Å². The van der Waals surface area contributed by atoms with Crippen LogP contribution in [0.5, 0.6) is 0 Å². The molecule has 1 aliphatic rings. The van der Waals surface area contributed by atoms with E-state index in [1.807, 2.05) is 6.20 Å². The van der Waals surface area contributed by atoms with Gasteiger partial charge in [-0.15, -0.1) is 0 Å². The number of hydrogen-bond acceptors (Lipinski definition) is 5. The van der Waals surface area contributed by atoms with Gasteiger partial charge in [0, 0.05) is 78.9 Å². The average Bonchev–Trinajstić information content (AvgIpc) is 3.23. The van der Waals surface area contributed by atoms with E-state index in [9.17, 15) is 5.11 Å². The summed E-state index contributed by atoms with van der Waals surface area (Å²) in [5, 5.41) is 11.1. The number of pyridine rings is 1. The molecule has 1 atom stereocenters. The lowest BCUT2D eigenvalue weighted by atomic mass is 10.0. The highest BCUT2D eigenvalue weighted by Crippen LogP contribution is 2.36. The number of piperidine rings is 1. The van der Waals surface area contributed by atoms with Gasteiger partial charge in [0.15, 0.2) is 5.65 Å². The van der Waals surface area contributed by atoms with Gasteiger partial charge in [0.25, 0.3) is 0 Å². The Hall–Kier alpha value is -1.91. The van der Waals surface area contributed by atoms with Gasteiger partial charge in [-0.25, -0.2) is 4.98 Å². The highest BCUT2D eigenvalue weighted by atomic mass is 127. The predicted octanol–water partition coefficient (Wildman–Crippen LogP) is 6.23. The Morgan fingerprint density at radius 2 is 1.74 bits per heavy atom. The molecule has 5 rings (SSSR count). The predicted molar refractivity (Wildman–Crippen MR) is 156 cm³/mol. The minimum atomic E-state index is -0.188. The minimum Gasteiger partial charge on any atom is -0.392 e. The minimum absolute atomic E-state index is 0.188. The zero-order chi connectivity index (χ0) is 24.4. The van der Waals surface area contributed by atoms with Crippen molar-refractivity contribution in [3.05, 3.63) is 78.1 Å². The first-order valence-corrected chi connectivity index (χ1v) is 15.4. The Morgan fingerprint density at radius 3 is 2.43 bits per heavy atom. The normalized spacial score (nSPS) is 16.9. The van der Waals surface area contributed by atoms with Crippen molar-refractivity contribution < 1.29 is 5.11 Å². The molecule has 0 bridgehead atoms. The zero-order valence-electron chi connectivity index (χ0n) is 20.2. The van der Waals surface area contributed by atoms with Gasteiger partial charge >= 0.3 is 0 Å². The van der Waals surface area contributed by atoms with Gasteiger partial charge in [-0.3, -0.25) is 8.87 Å². The van der Waals surface area contributed by atoms with E-state index in [2.05, 4.69) is 110 Å². The molecule has 0 amide bonds. The van der Waals surface area contributed by atoms with Crippen LogP contribution < -0.4 is 0 Å². The molecule has 4 aromatic rings. The maximum atomic E-state index is 9.96. The fourth-order valence-electron chi connectivity index (χ4n) is 4.91. The summed E-state index contributed by atoms with van der Waals surface area (Å²) in [5.41, 5.74) is 8.28. The van der Waals surface area contributed by atoms with Gasteiger partial charge in [-0.2, -0.15) is 0 Å². The fourth-order valence-corrected chi connectivity index (χ4v) is 6.17. The molecule has 1 fully saturated rings.